The van der Waals surface area contributed by atoms with Gasteiger partial charge in [-0.15, -0.1) is 0 Å². The third-order valence-corrected chi connectivity index (χ3v) is 3.80. The highest BCUT2D eigenvalue weighted by atomic mass is 35.5. The van der Waals surface area contributed by atoms with E-state index in [2.05, 4.69) is 0 Å². The molecular formula is C16H16ClNO4. The predicted octanol–water partition coefficient (Wildman–Crippen LogP) is 2.70. The number of aliphatic carboxylic acids is 1. The number of hydrogen-bond acceptors (Lipinski definition) is 3. The molecule has 1 atom stereocenters. The second-order valence-electron chi connectivity index (χ2n) is 4.98. The van der Waals surface area contributed by atoms with Gasteiger partial charge in [0.1, 0.15) is 0 Å². The van der Waals surface area contributed by atoms with Gasteiger partial charge in [0.15, 0.2) is 6.29 Å². The first kappa shape index (κ1) is 16.3. The molecule has 5 nitrogen and oxygen atoms in total. The fourth-order valence-corrected chi connectivity index (χ4v) is 2.57. The molecule has 0 aliphatic rings. The van der Waals surface area contributed by atoms with Gasteiger partial charge in [0, 0.05) is 23.2 Å². The topological polar surface area (TPSA) is 79.5 Å². The van der Waals surface area contributed by atoms with Gasteiger partial charge in [0.05, 0.1) is 18.7 Å². The van der Waals surface area contributed by atoms with Crippen molar-refractivity contribution in [2.75, 3.05) is 0 Å². The van der Waals surface area contributed by atoms with E-state index >= 15 is 0 Å². The highest BCUT2D eigenvalue weighted by molar-refractivity contribution is 6.30. The summed E-state index contributed by atoms with van der Waals surface area (Å²) >= 11 is 5.86. The number of nitrogens with zero attached hydrogens (tertiary/aromatic N) is 1. The highest BCUT2D eigenvalue weighted by Crippen LogP contribution is 2.25. The molecule has 0 aliphatic carbocycles. The SMILES string of the molecule is O=Cc1ccc(CO)n1CC(CC(=O)O)c1ccc(Cl)cc1. The van der Waals surface area contributed by atoms with Crippen molar-refractivity contribution in [3.05, 3.63) is 58.4 Å². The van der Waals surface area contributed by atoms with E-state index in [0.29, 0.717) is 29.2 Å². The first-order valence-electron chi connectivity index (χ1n) is 6.77. The molecule has 1 aromatic heterocycles. The first-order chi connectivity index (χ1) is 10.5. The Morgan fingerprint density at radius 3 is 2.45 bits per heavy atom. The lowest BCUT2D eigenvalue weighted by Gasteiger charge is -2.19. The van der Waals surface area contributed by atoms with Crippen LogP contribution in [0, 0.1) is 0 Å². The second kappa shape index (κ2) is 7.24. The zero-order valence-corrected chi connectivity index (χ0v) is 12.5. The molecule has 0 bridgehead atoms. The van der Waals surface area contributed by atoms with E-state index in [-0.39, 0.29) is 18.9 Å². The van der Waals surface area contributed by atoms with Crippen LogP contribution in [0.25, 0.3) is 0 Å². The molecule has 6 heteroatoms. The standard InChI is InChI=1S/C16H16ClNO4/c17-13-3-1-11(2-4-13)12(7-16(21)22)8-18-14(9-19)5-6-15(18)10-20/h1-6,9,12,20H,7-8,10H2,(H,21,22). The van der Waals surface area contributed by atoms with Crippen LogP contribution in [-0.4, -0.2) is 27.0 Å². The van der Waals surface area contributed by atoms with Crippen LogP contribution < -0.4 is 0 Å². The van der Waals surface area contributed by atoms with Crippen LogP contribution in [-0.2, 0) is 17.9 Å². The Hall–Kier alpha value is -2.11. The van der Waals surface area contributed by atoms with Crippen molar-refractivity contribution in [3.8, 4) is 0 Å². The van der Waals surface area contributed by atoms with Crippen LogP contribution in [0.15, 0.2) is 36.4 Å². The molecule has 2 N–H and O–H groups in total. The molecule has 2 aromatic rings. The molecule has 1 heterocycles. The van der Waals surface area contributed by atoms with E-state index < -0.39 is 5.97 Å². The maximum absolute atomic E-state index is 11.1. The number of carboxylic acid groups (broad SMARTS) is 1. The summed E-state index contributed by atoms with van der Waals surface area (Å²) < 4.78 is 1.65. The van der Waals surface area contributed by atoms with Gasteiger partial charge in [0.25, 0.3) is 0 Å². The zero-order chi connectivity index (χ0) is 16.1. The minimum absolute atomic E-state index is 0.0804. The molecule has 1 unspecified atom stereocenters. The largest absolute Gasteiger partial charge is 0.481 e. The predicted molar refractivity (Wildman–Crippen MR) is 82.2 cm³/mol. The minimum atomic E-state index is -0.926. The maximum Gasteiger partial charge on any atom is 0.304 e. The summed E-state index contributed by atoms with van der Waals surface area (Å²) in [5.74, 6) is -1.25. The first-order valence-corrected chi connectivity index (χ1v) is 7.14. The third-order valence-electron chi connectivity index (χ3n) is 3.55. The van der Waals surface area contributed by atoms with E-state index in [9.17, 15) is 14.7 Å². The number of carboxylic acids is 1. The van der Waals surface area contributed by atoms with E-state index in [1.807, 2.05) is 0 Å². The average molecular weight is 322 g/mol. The van der Waals surface area contributed by atoms with Crippen LogP contribution in [0.4, 0.5) is 0 Å². The summed E-state index contributed by atoms with van der Waals surface area (Å²) in [6, 6.07) is 10.2. The van der Waals surface area contributed by atoms with Crippen LogP contribution in [0.3, 0.4) is 0 Å². The number of aliphatic hydroxyl groups is 1. The summed E-state index contributed by atoms with van der Waals surface area (Å²) in [5, 5.41) is 19.1. The van der Waals surface area contributed by atoms with Gasteiger partial charge in [-0.25, -0.2) is 0 Å². The molecule has 0 fully saturated rings. The van der Waals surface area contributed by atoms with Crippen molar-refractivity contribution in [2.24, 2.45) is 0 Å². The Morgan fingerprint density at radius 1 is 1.23 bits per heavy atom. The Kier molecular flexibility index (Phi) is 5.35. The van der Waals surface area contributed by atoms with Gasteiger partial charge in [0.2, 0.25) is 0 Å². The van der Waals surface area contributed by atoms with Crippen LogP contribution in [0.5, 0.6) is 0 Å². The van der Waals surface area contributed by atoms with Gasteiger partial charge in [-0.1, -0.05) is 23.7 Å². The van der Waals surface area contributed by atoms with Gasteiger partial charge < -0.3 is 14.8 Å². The molecule has 0 aliphatic heterocycles. The van der Waals surface area contributed by atoms with E-state index in [0.717, 1.165) is 5.56 Å². The minimum Gasteiger partial charge on any atom is -0.481 e. The average Bonchev–Trinajstić information content (AvgIpc) is 2.88. The lowest BCUT2D eigenvalue weighted by molar-refractivity contribution is -0.137. The fraction of sp³-hybridized carbons (Fsp3) is 0.250. The molecule has 22 heavy (non-hydrogen) atoms. The lowest BCUT2D eigenvalue weighted by Crippen LogP contribution is -2.17. The number of aromatic nitrogens is 1. The number of carbonyl (C=O) groups excluding carboxylic acids is 1. The van der Waals surface area contributed by atoms with Crippen LogP contribution in [0.1, 0.15) is 34.1 Å². The van der Waals surface area contributed by atoms with Crippen molar-refractivity contribution in [3.63, 3.8) is 0 Å². The molecule has 0 spiro atoms. The number of halogens is 1. The third kappa shape index (κ3) is 3.75. The smallest absolute Gasteiger partial charge is 0.304 e. The summed E-state index contributed by atoms with van der Waals surface area (Å²) in [5.41, 5.74) is 1.81. The monoisotopic (exact) mass is 321 g/mol. The van der Waals surface area contributed by atoms with E-state index in [1.54, 1.807) is 41.0 Å². The molecule has 0 amide bonds. The summed E-state index contributed by atoms with van der Waals surface area (Å²) in [6.07, 6.45) is 0.613. The molecule has 0 saturated carbocycles. The van der Waals surface area contributed by atoms with Gasteiger partial charge >= 0.3 is 5.97 Å². The number of benzene rings is 1. The van der Waals surface area contributed by atoms with Crippen LogP contribution in [0.2, 0.25) is 5.02 Å². The van der Waals surface area contributed by atoms with Gasteiger partial charge in [-0.2, -0.15) is 0 Å². The Morgan fingerprint density at radius 2 is 1.91 bits per heavy atom. The van der Waals surface area contributed by atoms with Gasteiger partial charge in [-0.05, 0) is 29.8 Å². The number of rotatable bonds is 7. The van der Waals surface area contributed by atoms with Crippen molar-refractivity contribution < 1.29 is 19.8 Å². The number of hydrogen-bond donors (Lipinski definition) is 2. The molecular weight excluding hydrogens is 306 g/mol. The maximum atomic E-state index is 11.1. The normalized spacial score (nSPS) is 12.1. The van der Waals surface area contributed by atoms with E-state index in [1.165, 1.54) is 0 Å². The number of carbonyl (C=O) groups is 2. The molecule has 116 valence electrons. The zero-order valence-electron chi connectivity index (χ0n) is 11.8. The number of aliphatic hydroxyl groups excluding tert-OH is 1. The molecule has 1 aromatic carbocycles. The molecule has 0 radical (unpaired) electrons. The second-order valence-corrected chi connectivity index (χ2v) is 5.42. The highest BCUT2D eigenvalue weighted by Gasteiger charge is 2.19. The van der Waals surface area contributed by atoms with E-state index in [4.69, 9.17) is 16.7 Å². The summed E-state index contributed by atoms with van der Waals surface area (Å²) in [7, 11) is 0. The van der Waals surface area contributed by atoms with Crippen molar-refractivity contribution in [2.45, 2.75) is 25.5 Å². The Bertz CT molecular complexity index is 663. The summed E-state index contributed by atoms with van der Waals surface area (Å²) in [4.78, 5) is 22.2. The van der Waals surface area contributed by atoms with Crippen molar-refractivity contribution >= 4 is 23.9 Å². The molecule has 0 saturated heterocycles. The van der Waals surface area contributed by atoms with Gasteiger partial charge in [-0.3, -0.25) is 9.59 Å². The quantitative estimate of drug-likeness (QED) is 0.768. The molecule has 2 rings (SSSR count). The Labute approximate surface area is 132 Å². The lowest BCUT2D eigenvalue weighted by atomic mass is 9.95. The summed E-state index contributed by atoms with van der Waals surface area (Å²) in [6.45, 7) is 0.0825. The fourth-order valence-electron chi connectivity index (χ4n) is 2.44. The number of aldehydes is 1. The Balaban J connectivity index is 2.34. The van der Waals surface area contributed by atoms with Crippen molar-refractivity contribution in [1.82, 2.24) is 4.57 Å². The van der Waals surface area contributed by atoms with Crippen molar-refractivity contribution in [1.29, 1.82) is 0 Å². The van der Waals surface area contributed by atoms with Crippen LogP contribution >= 0.6 is 11.6 Å².